The maximum absolute atomic E-state index is 9.50. The molecule has 0 spiro atoms. The van der Waals surface area contributed by atoms with Gasteiger partial charge in [-0.3, -0.25) is 4.98 Å². The van der Waals surface area contributed by atoms with E-state index in [0.717, 1.165) is 42.0 Å². The predicted molar refractivity (Wildman–Crippen MR) is 83.6 cm³/mol. The summed E-state index contributed by atoms with van der Waals surface area (Å²) in [5, 5.41) is 9.50. The van der Waals surface area contributed by atoms with Crippen molar-refractivity contribution in [3.05, 3.63) is 47.8 Å². The molecule has 1 unspecified atom stereocenters. The van der Waals surface area contributed by atoms with Crippen LogP contribution in [0.3, 0.4) is 0 Å². The van der Waals surface area contributed by atoms with Crippen LogP contribution in [-0.4, -0.2) is 24.0 Å². The number of methoxy groups -OCH3 is 1. The van der Waals surface area contributed by atoms with Gasteiger partial charge in [-0.25, -0.2) is 0 Å². The van der Waals surface area contributed by atoms with Crippen LogP contribution < -0.4 is 9.47 Å². The third kappa shape index (κ3) is 2.51. The predicted octanol–water partition coefficient (Wildman–Crippen LogP) is 3.01. The second kappa shape index (κ2) is 5.42. The van der Waals surface area contributed by atoms with Gasteiger partial charge in [-0.2, -0.15) is 0 Å². The third-order valence-corrected chi connectivity index (χ3v) is 4.55. The summed E-state index contributed by atoms with van der Waals surface area (Å²) in [6.07, 6.45) is 4.57. The second-order valence-corrected chi connectivity index (χ2v) is 6.16. The minimum atomic E-state index is -0.421. The Kier molecular flexibility index (Phi) is 3.38. The van der Waals surface area contributed by atoms with Crippen LogP contribution in [0.15, 0.2) is 36.5 Å². The molecule has 1 aromatic carbocycles. The molecule has 1 fully saturated rings. The van der Waals surface area contributed by atoms with Gasteiger partial charge in [0, 0.05) is 25.5 Å². The van der Waals surface area contributed by atoms with Crippen molar-refractivity contribution < 1.29 is 19.3 Å². The number of rotatable bonds is 5. The summed E-state index contributed by atoms with van der Waals surface area (Å²) >= 11 is 0. The fourth-order valence-corrected chi connectivity index (χ4v) is 3.27. The van der Waals surface area contributed by atoms with E-state index in [4.69, 9.17) is 14.2 Å². The van der Waals surface area contributed by atoms with Crippen LogP contribution in [0, 0.1) is 5.92 Å². The van der Waals surface area contributed by atoms with Gasteiger partial charge in [-0.1, -0.05) is 6.07 Å². The second-order valence-electron chi connectivity index (χ2n) is 6.16. The van der Waals surface area contributed by atoms with Crippen molar-refractivity contribution in [2.75, 3.05) is 13.9 Å². The average Bonchev–Trinajstić information content (AvgIpc) is 3.35. The lowest BCUT2D eigenvalue weighted by atomic mass is 9.88. The Balaban J connectivity index is 1.66. The highest BCUT2D eigenvalue weighted by Gasteiger charge is 2.53. The zero-order valence-electron chi connectivity index (χ0n) is 13.0. The van der Waals surface area contributed by atoms with E-state index in [9.17, 15) is 5.11 Å². The summed E-state index contributed by atoms with van der Waals surface area (Å²) in [6, 6.07) is 9.44. The van der Waals surface area contributed by atoms with Crippen molar-refractivity contribution in [1.29, 1.82) is 0 Å². The number of fused-ring (bicyclic) bond motifs is 1. The number of nitrogens with zero attached hydrogens (tertiary/aromatic N) is 1. The molecular formula is C18H19NO4. The highest BCUT2D eigenvalue weighted by atomic mass is 16.7. The monoisotopic (exact) mass is 313 g/mol. The first-order chi connectivity index (χ1) is 11.2. The number of hydrogen-bond acceptors (Lipinski definition) is 5. The lowest BCUT2D eigenvalue weighted by molar-refractivity contribution is 0.0492. The summed E-state index contributed by atoms with van der Waals surface area (Å²) in [7, 11) is 1.60. The van der Waals surface area contributed by atoms with Gasteiger partial charge in [-0.05, 0) is 36.6 Å². The topological polar surface area (TPSA) is 60.8 Å². The van der Waals surface area contributed by atoms with Gasteiger partial charge in [0.1, 0.15) is 17.2 Å². The molecule has 2 heterocycles. The molecule has 5 nitrogen and oxygen atoms in total. The molecule has 2 aliphatic rings. The summed E-state index contributed by atoms with van der Waals surface area (Å²) < 4.78 is 16.8. The molecular weight excluding hydrogens is 294 g/mol. The fraction of sp³-hybridized carbons (Fsp3) is 0.389. The first kappa shape index (κ1) is 14.3. The van der Waals surface area contributed by atoms with Gasteiger partial charge < -0.3 is 19.3 Å². The largest absolute Gasteiger partial charge is 0.506 e. The first-order valence-electron chi connectivity index (χ1n) is 7.80. The minimum Gasteiger partial charge on any atom is -0.506 e. The molecule has 0 radical (unpaired) electrons. The van der Waals surface area contributed by atoms with Gasteiger partial charge in [0.25, 0.3) is 0 Å². The molecule has 0 saturated heterocycles. The number of hydrogen-bond donors (Lipinski definition) is 1. The highest BCUT2D eigenvalue weighted by Crippen LogP contribution is 2.54. The number of aromatic hydroxyl groups is 1. The van der Waals surface area contributed by atoms with E-state index < -0.39 is 5.60 Å². The molecule has 5 heteroatoms. The van der Waals surface area contributed by atoms with E-state index >= 15 is 0 Å². The van der Waals surface area contributed by atoms with Gasteiger partial charge in [0.05, 0.1) is 11.9 Å². The van der Waals surface area contributed by atoms with E-state index in [-0.39, 0.29) is 12.5 Å². The molecule has 1 N–H and O–H groups in total. The smallest absolute Gasteiger partial charge is 0.188 e. The Morgan fingerprint density at radius 1 is 1.30 bits per heavy atom. The van der Waals surface area contributed by atoms with Crippen LogP contribution in [0.2, 0.25) is 0 Å². The van der Waals surface area contributed by atoms with Gasteiger partial charge in [0.2, 0.25) is 0 Å². The van der Waals surface area contributed by atoms with E-state index in [1.165, 1.54) is 6.20 Å². The first-order valence-corrected chi connectivity index (χ1v) is 7.80. The molecule has 1 aliphatic carbocycles. The van der Waals surface area contributed by atoms with Crippen molar-refractivity contribution in [2.24, 2.45) is 5.92 Å². The van der Waals surface area contributed by atoms with Gasteiger partial charge >= 0.3 is 0 Å². The Morgan fingerprint density at radius 2 is 2.17 bits per heavy atom. The number of aromatic nitrogens is 1. The summed E-state index contributed by atoms with van der Waals surface area (Å²) in [6.45, 7) is 0.214. The van der Waals surface area contributed by atoms with Gasteiger partial charge in [0.15, 0.2) is 12.4 Å². The molecule has 1 aromatic heterocycles. The molecule has 1 atom stereocenters. The van der Waals surface area contributed by atoms with Crippen molar-refractivity contribution in [2.45, 2.75) is 24.9 Å². The SMILES string of the molecule is COCOc1ccc2c(c1)OC(c1ccc(O)cn1)(C1CC1)C2. The molecule has 120 valence electrons. The fourth-order valence-electron chi connectivity index (χ4n) is 3.27. The Hall–Kier alpha value is -2.27. The lowest BCUT2D eigenvalue weighted by Gasteiger charge is -2.28. The molecule has 23 heavy (non-hydrogen) atoms. The quantitative estimate of drug-likeness (QED) is 0.860. The molecule has 2 aromatic rings. The van der Waals surface area contributed by atoms with Crippen LogP contribution in [0.4, 0.5) is 0 Å². The summed E-state index contributed by atoms with van der Waals surface area (Å²) in [5.74, 6) is 2.22. The zero-order chi connectivity index (χ0) is 15.9. The minimum absolute atomic E-state index is 0.172. The average molecular weight is 313 g/mol. The third-order valence-electron chi connectivity index (χ3n) is 4.55. The maximum Gasteiger partial charge on any atom is 0.188 e. The Labute approximate surface area is 134 Å². The van der Waals surface area contributed by atoms with E-state index in [1.54, 1.807) is 13.2 Å². The van der Waals surface area contributed by atoms with Crippen LogP contribution in [0.5, 0.6) is 17.2 Å². The molecule has 4 rings (SSSR count). The van der Waals surface area contributed by atoms with E-state index in [2.05, 4.69) is 4.98 Å². The van der Waals surface area contributed by atoms with Crippen LogP contribution in [-0.2, 0) is 16.8 Å². The molecule has 1 saturated carbocycles. The molecule has 1 aliphatic heterocycles. The summed E-state index contributed by atoms with van der Waals surface area (Å²) in [5.41, 5.74) is 1.63. The number of pyridine rings is 1. The van der Waals surface area contributed by atoms with E-state index in [0.29, 0.717) is 5.92 Å². The van der Waals surface area contributed by atoms with E-state index in [1.807, 2.05) is 24.3 Å². The molecule has 0 bridgehead atoms. The van der Waals surface area contributed by atoms with Crippen molar-refractivity contribution in [3.8, 4) is 17.2 Å². The lowest BCUT2D eigenvalue weighted by Crippen LogP contribution is -2.34. The Morgan fingerprint density at radius 3 is 2.87 bits per heavy atom. The highest BCUT2D eigenvalue weighted by molar-refractivity contribution is 5.47. The van der Waals surface area contributed by atoms with Crippen LogP contribution in [0.25, 0.3) is 0 Å². The standard InChI is InChI=1S/C18H19NO4/c1-21-11-22-15-6-2-12-9-18(13-3-4-13,23-16(12)8-15)17-7-5-14(20)10-19-17/h2,5-8,10,13,20H,3-4,9,11H2,1H3. The zero-order valence-corrected chi connectivity index (χ0v) is 13.0. The summed E-state index contributed by atoms with van der Waals surface area (Å²) in [4.78, 5) is 4.42. The van der Waals surface area contributed by atoms with Crippen molar-refractivity contribution in [1.82, 2.24) is 4.98 Å². The number of ether oxygens (including phenoxy) is 3. The van der Waals surface area contributed by atoms with Crippen molar-refractivity contribution >= 4 is 0 Å². The molecule has 0 amide bonds. The number of benzene rings is 1. The van der Waals surface area contributed by atoms with Crippen molar-refractivity contribution in [3.63, 3.8) is 0 Å². The van der Waals surface area contributed by atoms with Crippen LogP contribution >= 0.6 is 0 Å². The normalized spacial score (nSPS) is 22.5. The maximum atomic E-state index is 9.50. The Bertz CT molecular complexity index is 711. The van der Waals surface area contributed by atoms with Gasteiger partial charge in [-0.15, -0.1) is 0 Å². The van der Waals surface area contributed by atoms with Crippen LogP contribution in [0.1, 0.15) is 24.1 Å².